The molecule has 2 unspecified atom stereocenters. The zero-order valence-corrected chi connectivity index (χ0v) is 9.23. The zero-order chi connectivity index (χ0) is 11.0. The van der Waals surface area contributed by atoms with E-state index in [4.69, 9.17) is 0 Å². The molecule has 2 aliphatic rings. The van der Waals surface area contributed by atoms with Gasteiger partial charge in [0.05, 0.1) is 6.54 Å². The topological polar surface area (TPSA) is 32.3 Å². The van der Waals surface area contributed by atoms with Gasteiger partial charge in [0, 0.05) is 31.6 Å². The quantitative estimate of drug-likeness (QED) is 0.788. The molecule has 2 fully saturated rings. The summed E-state index contributed by atoms with van der Waals surface area (Å²) in [5.74, 6) is 0.629. The van der Waals surface area contributed by atoms with Crippen molar-refractivity contribution in [3.05, 3.63) is 35.9 Å². The first-order valence-corrected chi connectivity index (χ1v) is 5.85. The minimum absolute atomic E-state index is 0.240. The standard InChI is InChI=1S/C13H16N2O/c16-13-6-14-12-9-15(8-11(12)13)7-10-4-2-1-3-5-10/h1-5,11-12,14H,6-9H2. The number of Topliss-reactive ketones (excluding diaryl/α,β-unsaturated/α-hetero) is 1. The molecule has 2 aliphatic heterocycles. The van der Waals surface area contributed by atoms with E-state index in [-0.39, 0.29) is 5.92 Å². The maximum absolute atomic E-state index is 11.6. The van der Waals surface area contributed by atoms with Crippen molar-refractivity contribution in [3.8, 4) is 0 Å². The predicted octanol–water partition coefficient (Wildman–Crippen LogP) is 0.659. The second-order valence-corrected chi connectivity index (χ2v) is 4.74. The highest BCUT2D eigenvalue weighted by Gasteiger charge is 2.41. The lowest BCUT2D eigenvalue weighted by molar-refractivity contribution is -0.119. The van der Waals surface area contributed by atoms with Crippen LogP contribution in [-0.2, 0) is 11.3 Å². The smallest absolute Gasteiger partial charge is 0.152 e. The summed E-state index contributed by atoms with van der Waals surface area (Å²) in [6.45, 7) is 3.47. The molecular weight excluding hydrogens is 200 g/mol. The van der Waals surface area contributed by atoms with E-state index in [1.807, 2.05) is 6.07 Å². The van der Waals surface area contributed by atoms with Gasteiger partial charge in [0.1, 0.15) is 0 Å². The molecule has 3 nitrogen and oxygen atoms in total. The van der Waals surface area contributed by atoms with E-state index >= 15 is 0 Å². The lowest BCUT2D eigenvalue weighted by Crippen LogP contribution is -2.30. The molecule has 0 spiro atoms. The maximum atomic E-state index is 11.6. The second-order valence-electron chi connectivity index (χ2n) is 4.74. The fourth-order valence-electron chi connectivity index (χ4n) is 2.75. The van der Waals surface area contributed by atoms with Crippen molar-refractivity contribution in [2.75, 3.05) is 19.6 Å². The van der Waals surface area contributed by atoms with Crippen molar-refractivity contribution in [1.29, 1.82) is 0 Å². The van der Waals surface area contributed by atoms with Crippen LogP contribution >= 0.6 is 0 Å². The first-order chi connectivity index (χ1) is 7.83. The van der Waals surface area contributed by atoms with Gasteiger partial charge in [-0.15, -0.1) is 0 Å². The SMILES string of the molecule is O=C1CNC2CN(Cc3ccccc3)CC12. The lowest BCUT2D eigenvalue weighted by Gasteiger charge is -2.16. The van der Waals surface area contributed by atoms with E-state index in [0.29, 0.717) is 18.4 Å². The summed E-state index contributed by atoms with van der Waals surface area (Å²) in [5, 5.41) is 3.29. The summed E-state index contributed by atoms with van der Waals surface area (Å²) in [5.41, 5.74) is 1.33. The summed E-state index contributed by atoms with van der Waals surface area (Å²) in [6, 6.07) is 10.8. The van der Waals surface area contributed by atoms with E-state index in [2.05, 4.69) is 34.5 Å². The molecule has 2 atom stereocenters. The molecule has 0 aliphatic carbocycles. The third-order valence-electron chi connectivity index (χ3n) is 3.60. The Labute approximate surface area is 95.4 Å². The van der Waals surface area contributed by atoms with Crippen LogP contribution in [0, 0.1) is 5.92 Å². The van der Waals surface area contributed by atoms with Crippen molar-refractivity contribution in [1.82, 2.24) is 10.2 Å². The maximum Gasteiger partial charge on any atom is 0.152 e. The largest absolute Gasteiger partial charge is 0.305 e. The van der Waals surface area contributed by atoms with Crippen molar-refractivity contribution in [2.45, 2.75) is 12.6 Å². The predicted molar refractivity (Wildman–Crippen MR) is 62.0 cm³/mol. The summed E-state index contributed by atoms with van der Waals surface area (Å²) < 4.78 is 0. The molecule has 16 heavy (non-hydrogen) atoms. The van der Waals surface area contributed by atoms with Gasteiger partial charge < -0.3 is 5.32 Å². The molecular formula is C13H16N2O. The van der Waals surface area contributed by atoms with E-state index in [1.54, 1.807) is 0 Å². The van der Waals surface area contributed by atoms with Gasteiger partial charge >= 0.3 is 0 Å². The second kappa shape index (κ2) is 4.00. The van der Waals surface area contributed by atoms with Gasteiger partial charge in [-0.25, -0.2) is 0 Å². The Kier molecular flexibility index (Phi) is 2.50. The Hall–Kier alpha value is -1.19. The van der Waals surface area contributed by atoms with Crippen LogP contribution in [0.4, 0.5) is 0 Å². The fourth-order valence-corrected chi connectivity index (χ4v) is 2.75. The minimum atomic E-state index is 0.240. The van der Waals surface area contributed by atoms with Crippen molar-refractivity contribution < 1.29 is 4.79 Å². The number of benzene rings is 1. The normalized spacial score (nSPS) is 29.6. The highest BCUT2D eigenvalue weighted by Crippen LogP contribution is 2.23. The van der Waals surface area contributed by atoms with Crippen LogP contribution in [0.2, 0.25) is 0 Å². The molecule has 84 valence electrons. The Morgan fingerprint density at radius 3 is 2.81 bits per heavy atom. The number of carbonyl (C=O) groups excluding carboxylic acids is 1. The third kappa shape index (κ3) is 1.77. The van der Waals surface area contributed by atoms with E-state index < -0.39 is 0 Å². The molecule has 1 N–H and O–H groups in total. The summed E-state index contributed by atoms with van der Waals surface area (Å²) in [7, 11) is 0. The molecule has 0 bridgehead atoms. The Morgan fingerprint density at radius 1 is 1.25 bits per heavy atom. The number of likely N-dealkylation sites (tertiary alicyclic amines) is 1. The van der Waals surface area contributed by atoms with Gasteiger partial charge in [0.2, 0.25) is 0 Å². The Bertz CT molecular complexity index is 390. The zero-order valence-electron chi connectivity index (χ0n) is 9.23. The molecule has 3 rings (SSSR count). The molecule has 0 radical (unpaired) electrons. The molecule has 0 saturated carbocycles. The molecule has 2 heterocycles. The van der Waals surface area contributed by atoms with Crippen LogP contribution < -0.4 is 5.32 Å². The van der Waals surface area contributed by atoms with Crippen LogP contribution in [-0.4, -0.2) is 36.4 Å². The number of nitrogens with one attached hydrogen (secondary N) is 1. The van der Waals surface area contributed by atoms with E-state index in [9.17, 15) is 4.79 Å². The van der Waals surface area contributed by atoms with Crippen LogP contribution in [0.1, 0.15) is 5.56 Å². The van der Waals surface area contributed by atoms with Gasteiger partial charge in [-0.05, 0) is 5.56 Å². The summed E-state index contributed by atoms with van der Waals surface area (Å²) >= 11 is 0. The van der Waals surface area contributed by atoms with Crippen LogP contribution in [0.15, 0.2) is 30.3 Å². The monoisotopic (exact) mass is 216 g/mol. The van der Waals surface area contributed by atoms with Gasteiger partial charge in [0.15, 0.2) is 5.78 Å². The number of hydrogen-bond acceptors (Lipinski definition) is 3. The lowest BCUT2D eigenvalue weighted by atomic mass is 10.0. The third-order valence-corrected chi connectivity index (χ3v) is 3.60. The summed E-state index contributed by atoms with van der Waals surface area (Å²) in [4.78, 5) is 13.9. The molecule has 0 amide bonds. The van der Waals surface area contributed by atoms with Gasteiger partial charge in [0.25, 0.3) is 0 Å². The number of rotatable bonds is 2. The van der Waals surface area contributed by atoms with Gasteiger partial charge in [-0.1, -0.05) is 30.3 Å². The number of nitrogens with zero attached hydrogens (tertiary/aromatic N) is 1. The highest BCUT2D eigenvalue weighted by atomic mass is 16.1. The number of fused-ring (bicyclic) bond motifs is 1. The van der Waals surface area contributed by atoms with Crippen molar-refractivity contribution in [3.63, 3.8) is 0 Å². The summed E-state index contributed by atoms with van der Waals surface area (Å²) in [6.07, 6.45) is 0. The first kappa shape index (κ1) is 10.00. The van der Waals surface area contributed by atoms with Crippen molar-refractivity contribution in [2.24, 2.45) is 5.92 Å². The molecule has 3 heteroatoms. The van der Waals surface area contributed by atoms with E-state index in [1.165, 1.54) is 5.56 Å². The molecule has 1 aromatic carbocycles. The van der Waals surface area contributed by atoms with Crippen molar-refractivity contribution >= 4 is 5.78 Å². The Balaban J connectivity index is 1.65. The van der Waals surface area contributed by atoms with Crippen LogP contribution in [0.25, 0.3) is 0 Å². The number of ketones is 1. The number of carbonyl (C=O) groups is 1. The van der Waals surface area contributed by atoms with E-state index in [0.717, 1.165) is 19.6 Å². The number of hydrogen-bond donors (Lipinski definition) is 1. The molecule has 1 aromatic rings. The minimum Gasteiger partial charge on any atom is -0.305 e. The molecule has 0 aromatic heterocycles. The highest BCUT2D eigenvalue weighted by molar-refractivity contribution is 5.86. The molecule has 2 saturated heterocycles. The van der Waals surface area contributed by atoms with Crippen LogP contribution in [0.5, 0.6) is 0 Å². The Morgan fingerprint density at radius 2 is 2.06 bits per heavy atom. The van der Waals surface area contributed by atoms with Gasteiger partial charge in [-0.3, -0.25) is 9.69 Å². The first-order valence-electron chi connectivity index (χ1n) is 5.85. The van der Waals surface area contributed by atoms with Gasteiger partial charge in [-0.2, -0.15) is 0 Å². The average Bonchev–Trinajstić information content (AvgIpc) is 2.83. The van der Waals surface area contributed by atoms with Crippen LogP contribution in [0.3, 0.4) is 0 Å². The fraction of sp³-hybridized carbons (Fsp3) is 0.462. The average molecular weight is 216 g/mol.